The summed E-state index contributed by atoms with van der Waals surface area (Å²) in [5, 5.41) is 2.92. The van der Waals surface area contributed by atoms with Crippen LogP contribution < -0.4 is 5.32 Å². The van der Waals surface area contributed by atoms with Gasteiger partial charge in [0.2, 0.25) is 0 Å². The number of pyridine rings is 1. The van der Waals surface area contributed by atoms with Crippen LogP contribution in [-0.4, -0.2) is 47.3 Å². The summed E-state index contributed by atoms with van der Waals surface area (Å²) in [4.78, 5) is 18.4. The summed E-state index contributed by atoms with van der Waals surface area (Å²) in [7, 11) is 0. The quantitative estimate of drug-likeness (QED) is 0.906. The van der Waals surface area contributed by atoms with Gasteiger partial charge in [-0.1, -0.05) is 6.42 Å². The van der Waals surface area contributed by atoms with Crippen molar-refractivity contribution in [2.75, 3.05) is 19.6 Å². The van der Waals surface area contributed by atoms with Gasteiger partial charge >= 0.3 is 6.09 Å². The number of likely N-dealkylation sites (tertiary alicyclic amines) is 1. The third-order valence-electron chi connectivity index (χ3n) is 4.07. The van der Waals surface area contributed by atoms with Gasteiger partial charge in [-0.05, 0) is 64.3 Å². The molecule has 2 rings (SSSR count). The van der Waals surface area contributed by atoms with E-state index < -0.39 is 5.60 Å². The summed E-state index contributed by atoms with van der Waals surface area (Å²) in [5.41, 5.74) is 0.863. The Morgan fingerprint density at radius 1 is 1.35 bits per heavy atom. The Balaban J connectivity index is 1.80. The minimum absolute atomic E-state index is 0.322. The van der Waals surface area contributed by atoms with Crippen LogP contribution in [0.1, 0.15) is 45.6 Å². The number of nitrogens with one attached hydrogen (secondary N) is 1. The Morgan fingerprint density at radius 2 is 2.09 bits per heavy atom. The lowest BCUT2D eigenvalue weighted by atomic mass is 10.0. The van der Waals surface area contributed by atoms with E-state index in [2.05, 4.69) is 27.3 Å². The summed E-state index contributed by atoms with van der Waals surface area (Å²) in [6.45, 7) is 8.43. The number of nitrogens with zero attached hydrogens (tertiary/aromatic N) is 2. The van der Waals surface area contributed by atoms with Gasteiger partial charge in [-0.2, -0.15) is 0 Å². The zero-order valence-corrected chi connectivity index (χ0v) is 14.5. The largest absolute Gasteiger partial charge is 0.444 e. The number of hydrogen-bond donors (Lipinski definition) is 1. The average molecular weight is 319 g/mol. The Kier molecular flexibility index (Phi) is 6.39. The molecule has 1 aliphatic heterocycles. The van der Waals surface area contributed by atoms with E-state index in [0.717, 1.165) is 25.9 Å². The van der Waals surface area contributed by atoms with E-state index in [1.807, 2.05) is 33.2 Å². The van der Waals surface area contributed by atoms with Crippen LogP contribution in [0.3, 0.4) is 0 Å². The zero-order valence-electron chi connectivity index (χ0n) is 14.5. The van der Waals surface area contributed by atoms with Gasteiger partial charge in [-0.15, -0.1) is 0 Å². The number of piperidine rings is 1. The van der Waals surface area contributed by atoms with Crippen LogP contribution in [0.2, 0.25) is 0 Å². The molecule has 1 aromatic rings. The van der Waals surface area contributed by atoms with Crippen molar-refractivity contribution in [3.8, 4) is 0 Å². The first kappa shape index (κ1) is 17.7. The molecule has 1 fully saturated rings. The van der Waals surface area contributed by atoms with Crippen molar-refractivity contribution in [3.05, 3.63) is 30.1 Å². The van der Waals surface area contributed by atoms with E-state index in [1.165, 1.54) is 18.4 Å². The highest BCUT2D eigenvalue weighted by Crippen LogP contribution is 2.17. The van der Waals surface area contributed by atoms with E-state index in [9.17, 15) is 4.79 Å². The molecule has 1 aromatic heterocycles. The summed E-state index contributed by atoms with van der Waals surface area (Å²) in [5.74, 6) is 0. The van der Waals surface area contributed by atoms with Crippen LogP contribution in [0, 0.1) is 0 Å². The Labute approximate surface area is 139 Å². The molecular formula is C18H29N3O2. The van der Waals surface area contributed by atoms with Crippen molar-refractivity contribution in [2.45, 2.75) is 58.1 Å². The predicted molar refractivity (Wildman–Crippen MR) is 91.4 cm³/mol. The van der Waals surface area contributed by atoms with Gasteiger partial charge in [-0.25, -0.2) is 4.79 Å². The summed E-state index contributed by atoms with van der Waals surface area (Å²) >= 11 is 0. The van der Waals surface area contributed by atoms with E-state index in [4.69, 9.17) is 4.74 Å². The van der Waals surface area contributed by atoms with Crippen molar-refractivity contribution in [1.82, 2.24) is 15.2 Å². The number of amides is 1. The van der Waals surface area contributed by atoms with Crippen LogP contribution in [0.4, 0.5) is 4.79 Å². The second-order valence-corrected chi connectivity index (χ2v) is 7.17. The maximum atomic E-state index is 11.8. The molecule has 1 unspecified atom stereocenters. The summed E-state index contributed by atoms with van der Waals surface area (Å²) < 4.78 is 5.32. The monoisotopic (exact) mass is 319 g/mol. The molecule has 0 saturated carbocycles. The minimum atomic E-state index is -0.447. The third-order valence-corrected chi connectivity index (χ3v) is 4.07. The van der Waals surface area contributed by atoms with E-state index in [0.29, 0.717) is 12.6 Å². The highest BCUT2D eigenvalue weighted by Gasteiger charge is 2.23. The smallest absolute Gasteiger partial charge is 0.407 e. The number of rotatable bonds is 5. The van der Waals surface area contributed by atoms with Crippen LogP contribution in [0.25, 0.3) is 0 Å². The van der Waals surface area contributed by atoms with Crippen molar-refractivity contribution < 1.29 is 9.53 Å². The molecule has 1 aliphatic rings. The van der Waals surface area contributed by atoms with E-state index >= 15 is 0 Å². The fourth-order valence-electron chi connectivity index (χ4n) is 2.92. The Morgan fingerprint density at radius 3 is 2.78 bits per heavy atom. The maximum Gasteiger partial charge on any atom is 0.407 e. The molecule has 0 aliphatic carbocycles. The van der Waals surface area contributed by atoms with Gasteiger partial charge < -0.3 is 10.1 Å². The highest BCUT2D eigenvalue weighted by atomic mass is 16.6. The van der Waals surface area contributed by atoms with Crippen LogP contribution in [0.5, 0.6) is 0 Å². The van der Waals surface area contributed by atoms with Gasteiger partial charge in [0.05, 0.1) is 0 Å². The molecule has 0 aromatic carbocycles. The van der Waals surface area contributed by atoms with Crippen molar-refractivity contribution >= 4 is 6.09 Å². The molecule has 5 nitrogen and oxygen atoms in total. The fraction of sp³-hybridized carbons (Fsp3) is 0.667. The summed E-state index contributed by atoms with van der Waals surface area (Å²) in [6.07, 6.45) is 7.97. The fourth-order valence-corrected chi connectivity index (χ4v) is 2.92. The predicted octanol–water partition coefficient (Wildman–Crippen LogP) is 3.00. The lowest BCUT2D eigenvalue weighted by Crippen LogP contribution is -2.48. The van der Waals surface area contributed by atoms with E-state index in [-0.39, 0.29) is 6.09 Å². The molecule has 0 spiro atoms. The first-order valence-electron chi connectivity index (χ1n) is 8.54. The molecular weight excluding hydrogens is 290 g/mol. The zero-order chi connectivity index (χ0) is 16.7. The maximum absolute atomic E-state index is 11.8. The van der Waals surface area contributed by atoms with Gasteiger partial charge in [0, 0.05) is 31.5 Å². The first-order valence-corrected chi connectivity index (χ1v) is 8.54. The topological polar surface area (TPSA) is 54.5 Å². The standard InChI is InChI=1S/C18H29N3O2/c1-18(2,3)23-17(22)20-14-16-6-4-5-12-21(16)13-9-15-7-10-19-11-8-15/h7-8,10-11,16H,4-6,9,12-14H2,1-3H3,(H,20,22). The first-order chi connectivity index (χ1) is 10.9. The van der Waals surface area contributed by atoms with Gasteiger partial charge in [0.15, 0.2) is 0 Å². The Hall–Kier alpha value is -1.62. The number of alkyl carbamates (subject to hydrolysis) is 1. The van der Waals surface area contributed by atoms with Crippen LogP contribution in [0.15, 0.2) is 24.5 Å². The average Bonchev–Trinajstić information content (AvgIpc) is 2.51. The molecule has 2 heterocycles. The van der Waals surface area contributed by atoms with Crippen LogP contribution >= 0.6 is 0 Å². The third kappa shape index (κ3) is 6.57. The van der Waals surface area contributed by atoms with Crippen LogP contribution in [-0.2, 0) is 11.2 Å². The summed E-state index contributed by atoms with van der Waals surface area (Å²) in [6, 6.07) is 4.54. The second-order valence-electron chi connectivity index (χ2n) is 7.17. The van der Waals surface area contributed by atoms with Crippen molar-refractivity contribution in [2.24, 2.45) is 0 Å². The molecule has 0 bridgehead atoms. The lowest BCUT2D eigenvalue weighted by molar-refractivity contribution is 0.0495. The minimum Gasteiger partial charge on any atom is -0.444 e. The number of carbonyl (C=O) groups is 1. The number of aromatic nitrogens is 1. The molecule has 1 N–H and O–H groups in total. The van der Waals surface area contributed by atoms with Gasteiger partial charge in [0.1, 0.15) is 5.60 Å². The number of ether oxygens (including phenoxy) is 1. The molecule has 128 valence electrons. The SMILES string of the molecule is CC(C)(C)OC(=O)NCC1CCCCN1CCc1ccncc1. The van der Waals surface area contributed by atoms with E-state index in [1.54, 1.807) is 0 Å². The van der Waals surface area contributed by atoms with Crippen molar-refractivity contribution in [3.63, 3.8) is 0 Å². The van der Waals surface area contributed by atoms with Crippen molar-refractivity contribution in [1.29, 1.82) is 0 Å². The molecule has 1 amide bonds. The molecule has 1 saturated heterocycles. The van der Waals surface area contributed by atoms with Gasteiger partial charge in [-0.3, -0.25) is 9.88 Å². The highest BCUT2D eigenvalue weighted by molar-refractivity contribution is 5.67. The lowest BCUT2D eigenvalue weighted by Gasteiger charge is -2.36. The molecule has 5 heteroatoms. The second kappa shape index (κ2) is 8.29. The number of carbonyl (C=O) groups excluding carboxylic acids is 1. The molecule has 1 atom stereocenters. The number of hydrogen-bond acceptors (Lipinski definition) is 4. The normalized spacial score (nSPS) is 19.3. The Bertz CT molecular complexity index is 485. The molecule has 0 radical (unpaired) electrons. The van der Waals surface area contributed by atoms with Gasteiger partial charge in [0.25, 0.3) is 0 Å². The molecule has 23 heavy (non-hydrogen) atoms.